The van der Waals surface area contributed by atoms with Gasteiger partial charge < -0.3 is 25.7 Å². The molecule has 2 aromatic heterocycles. The lowest BCUT2D eigenvalue weighted by Crippen LogP contribution is -2.50. The maximum absolute atomic E-state index is 15.0. The Hall–Kier alpha value is -5.45. The molecule has 4 aromatic carbocycles. The van der Waals surface area contributed by atoms with Crippen LogP contribution in [0.25, 0.3) is 10.9 Å². The third-order valence-electron chi connectivity index (χ3n) is 9.32. The van der Waals surface area contributed by atoms with Crippen LogP contribution in [-0.4, -0.2) is 70.3 Å². The topological polar surface area (TPSA) is 137 Å². The summed E-state index contributed by atoms with van der Waals surface area (Å²) in [5.74, 6) is 0. The zero-order chi connectivity index (χ0) is 33.0. The van der Waals surface area contributed by atoms with Gasteiger partial charge in [0.05, 0.1) is 30.3 Å². The minimum Gasteiger partial charge on any atom is -0.398 e. The molecule has 1 aliphatic rings. The van der Waals surface area contributed by atoms with Crippen LogP contribution in [0.3, 0.4) is 0 Å². The molecule has 4 atom stereocenters. The number of fused-ring (bicyclic) bond motifs is 1. The standard InChI is InChI=1S/C38H39N7O3/c39-32-14-12-28(19-31(32)25-43-17-7-16-41-43)23-44-34(20-26-8-3-1-4-9-26)36(46)37(47)35(21-27-10-5-2-6-11-27)45(38(44)48)24-29-13-15-33-30(18-29)22-40-42-33/h1-19,22,34-37,46-47H,20-21,23-25,39H2,(H,40,42)/t34-,35-,36+,37+/m1/s1. The molecule has 244 valence electrons. The molecule has 1 saturated heterocycles. The van der Waals surface area contributed by atoms with Gasteiger partial charge >= 0.3 is 6.03 Å². The first-order valence-corrected chi connectivity index (χ1v) is 16.2. The summed E-state index contributed by atoms with van der Waals surface area (Å²) in [6.07, 6.45) is 3.67. The van der Waals surface area contributed by atoms with Crippen LogP contribution in [0.2, 0.25) is 0 Å². The number of carbonyl (C=O) groups excluding carboxylic acids is 1. The number of rotatable bonds is 10. The maximum atomic E-state index is 15.0. The van der Waals surface area contributed by atoms with E-state index in [4.69, 9.17) is 5.73 Å². The Kier molecular flexibility index (Phi) is 8.91. The Morgan fingerprint density at radius 1 is 0.708 bits per heavy atom. The van der Waals surface area contributed by atoms with Crippen LogP contribution in [0.5, 0.6) is 0 Å². The second kappa shape index (κ2) is 13.7. The summed E-state index contributed by atoms with van der Waals surface area (Å²) in [5.41, 5.74) is 12.5. The second-order valence-electron chi connectivity index (χ2n) is 12.6. The SMILES string of the molecule is Nc1ccc(CN2C(=O)N(Cc3ccc4[nH]ncc4c3)[C@H](Cc3ccccc3)[C@H](O)[C@@H](O)[C@H]2Cc2ccccc2)cc1Cn1cccn1. The maximum Gasteiger partial charge on any atom is 0.321 e. The molecule has 2 amide bonds. The molecule has 6 aromatic rings. The molecule has 1 aliphatic heterocycles. The number of carbonyl (C=O) groups is 1. The molecule has 0 unspecified atom stereocenters. The first-order valence-electron chi connectivity index (χ1n) is 16.2. The van der Waals surface area contributed by atoms with E-state index in [1.165, 1.54) is 0 Å². The number of hydrogen-bond donors (Lipinski definition) is 4. The van der Waals surface area contributed by atoms with E-state index < -0.39 is 24.3 Å². The van der Waals surface area contributed by atoms with E-state index in [2.05, 4.69) is 15.3 Å². The van der Waals surface area contributed by atoms with Crippen molar-refractivity contribution in [3.8, 4) is 0 Å². The Bertz CT molecular complexity index is 1960. The van der Waals surface area contributed by atoms with Gasteiger partial charge in [0.1, 0.15) is 12.2 Å². The van der Waals surface area contributed by atoms with Crippen molar-refractivity contribution < 1.29 is 15.0 Å². The number of urea groups is 1. The molecular weight excluding hydrogens is 602 g/mol. The molecule has 0 spiro atoms. The lowest BCUT2D eigenvalue weighted by Gasteiger charge is -2.36. The van der Waals surface area contributed by atoms with Gasteiger partial charge in [-0.3, -0.25) is 9.78 Å². The monoisotopic (exact) mass is 641 g/mol. The normalized spacial score (nSPS) is 19.9. The minimum absolute atomic E-state index is 0.210. The number of H-pyrrole nitrogens is 1. The number of benzene rings is 4. The molecule has 3 heterocycles. The number of aliphatic hydroxyl groups is 2. The third kappa shape index (κ3) is 6.67. The number of aromatic nitrogens is 4. The molecule has 0 radical (unpaired) electrons. The first kappa shape index (κ1) is 31.2. The van der Waals surface area contributed by atoms with Crippen LogP contribution >= 0.6 is 0 Å². The summed E-state index contributed by atoms with van der Waals surface area (Å²) in [4.78, 5) is 18.5. The molecule has 0 aliphatic carbocycles. The number of nitrogens with zero attached hydrogens (tertiary/aromatic N) is 5. The van der Waals surface area contributed by atoms with E-state index >= 15 is 4.79 Å². The third-order valence-corrected chi connectivity index (χ3v) is 9.32. The Morgan fingerprint density at radius 2 is 1.31 bits per heavy atom. The number of nitrogens with one attached hydrogen (secondary N) is 1. The fraction of sp³-hybridized carbons (Fsp3) is 0.237. The predicted molar refractivity (Wildman–Crippen MR) is 185 cm³/mol. The van der Waals surface area contributed by atoms with Crippen molar-refractivity contribution in [1.82, 2.24) is 29.8 Å². The zero-order valence-electron chi connectivity index (χ0n) is 26.5. The fourth-order valence-corrected chi connectivity index (χ4v) is 6.76. The number of anilines is 1. The number of aliphatic hydroxyl groups excluding tert-OH is 2. The van der Waals surface area contributed by atoms with Crippen molar-refractivity contribution >= 4 is 22.6 Å². The van der Waals surface area contributed by atoms with Crippen molar-refractivity contribution in [2.24, 2.45) is 0 Å². The van der Waals surface area contributed by atoms with Gasteiger partial charge in [-0.1, -0.05) is 78.9 Å². The summed E-state index contributed by atoms with van der Waals surface area (Å²) in [6, 6.07) is 31.5. The molecule has 10 heteroatoms. The minimum atomic E-state index is -1.22. The Morgan fingerprint density at radius 3 is 1.92 bits per heavy atom. The van der Waals surface area contributed by atoms with Crippen LogP contribution in [0.1, 0.15) is 27.8 Å². The number of hydrogen-bond acceptors (Lipinski definition) is 6. The zero-order valence-corrected chi connectivity index (χ0v) is 26.5. The van der Waals surface area contributed by atoms with Crippen molar-refractivity contribution in [2.45, 2.75) is 56.8 Å². The highest BCUT2D eigenvalue weighted by molar-refractivity contribution is 5.79. The van der Waals surface area contributed by atoms with Gasteiger partial charge in [-0.2, -0.15) is 10.2 Å². The fourth-order valence-electron chi connectivity index (χ4n) is 6.76. The molecule has 10 nitrogen and oxygen atoms in total. The van der Waals surface area contributed by atoms with Crippen LogP contribution < -0.4 is 5.73 Å². The summed E-state index contributed by atoms with van der Waals surface area (Å²) >= 11 is 0. The van der Waals surface area contributed by atoms with E-state index in [1.54, 1.807) is 26.9 Å². The van der Waals surface area contributed by atoms with Gasteiger partial charge in [0.25, 0.3) is 0 Å². The molecule has 0 saturated carbocycles. The summed E-state index contributed by atoms with van der Waals surface area (Å²) in [5, 5.41) is 36.5. The quantitative estimate of drug-likeness (QED) is 0.159. The molecule has 48 heavy (non-hydrogen) atoms. The highest BCUT2D eigenvalue weighted by atomic mass is 16.3. The Labute approximate surface area is 279 Å². The molecule has 0 bridgehead atoms. The summed E-state index contributed by atoms with van der Waals surface area (Å²) < 4.78 is 1.80. The molecule has 7 rings (SSSR count). The molecule has 1 fully saturated rings. The average molecular weight is 642 g/mol. The van der Waals surface area contributed by atoms with E-state index in [9.17, 15) is 10.2 Å². The highest BCUT2D eigenvalue weighted by Crippen LogP contribution is 2.31. The van der Waals surface area contributed by atoms with Crippen molar-refractivity contribution in [1.29, 1.82) is 0 Å². The number of nitrogen functional groups attached to an aromatic ring is 1. The van der Waals surface area contributed by atoms with Crippen LogP contribution in [-0.2, 0) is 32.5 Å². The Balaban J connectivity index is 1.30. The molecular formula is C38H39N7O3. The second-order valence-corrected chi connectivity index (χ2v) is 12.6. The summed E-state index contributed by atoms with van der Waals surface area (Å²) in [6.45, 7) is 0.932. The summed E-state index contributed by atoms with van der Waals surface area (Å²) in [7, 11) is 0. The smallest absolute Gasteiger partial charge is 0.321 e. The van der Waals surface area contributed by atoms with E-state index in [0.717, 1.165) is 38.7 Å². The van der Waals surface area contributed by atoms with Gasteiger partial charge in [-0.25, -0.2) is 4.79 Å². The lowest BCUT2D eigenvalue weighted by molar-refractivity contribution is -0.0408. The van der Waals surface area contributed by atoms with Crippen LogP contribution in [0, 0.1) is 0 Å². The van der Waals surface area contributed by atoms with Crippen LogP contribution in [0.4, 0.5) is 10.5 Å². The van der Waals surface area contributed by atoms with Crippen molar-refractivity contribution in [3.05, 3.63) is 150 Å². The van der Waals surface area contributed by atoms with Gasteiger partial charge in [0.15, 0.2) is 0 Å². The predicted octanol–water partition coefficient (Wildman–Crippen LogP) is 4.77. The van der Waals surface area contributed by atoms with Gasteiger partial charge in [0.2, 0.25) is 0 Å². The van der Waals surface area contributed by atoms with Gasteiger partial charge in [0, 0.05) is 36.6 Å². The number of amides is 2. The highest BCUT2D eigenvalue weighted by Gasteiger charge is 2.46. The molecule has 5 N–H and O–H groups in total. The lowest BCUT2D eigenvalue weighted by atomic mass is 9.91. The number of aromatic amines is 1. The van der Waals surface area contributed by atoms with E-state index in [-0.39, 0.29) is 19.1 Å². The van der Waals surface area contributed by atoms with E-state index in [1.807, 2.05) is 109 Å². The number of nitrogens with two attached hydrogens (primary N) is 1. The van der Waals surface area contributed by atoms with Gasteiger partial charge in [-0.05, 0) is 64.9 Å². The largest absolute Gasteiger partial charge is 0.398 e. The van der Waals surface area contributed by atoms with Crippen molar-refractivity contribution in [3.63, 3.8) is 0 Å². The first-order chi connectivity index (χ1) is 23.4. The average Bonchev–Trinajstić information content (AvgIpc) is 3.80. The van der Waals surface area contributed by atoms with Crippen LogP contribution in [0.15, 0.2) is 122 Å². The van der Waals surface area contributed by atoms with Crippen molar-refractivity contribution in [2.75, 3.05) is 5.73 Å². The van der Waals surface area contributed by atoms with E-state index in [0.29, 0.717) is 25.1 Å². The van der Waals surface area contributed by atoms with Gasteiger partial charge in [-0.15, -0.1) is 0 Å².